The highest BCUT2D eigenvalue weighted by Crippen LogP contribution is 2.33. The molecule has 0 spiro atoms. The molecule has 0 aromatic heterocycles. The van der Waals surface area contributed by atoms with Gasteiger partial charge in [-0.3, -0.25) is 0 Å². The number of likely N-dealkylation sites (tertiary alicyclic amines) is 1. The van der Waals surface area contributed by atoms with E-state index in [9.17, 15) is 0 Å². The summed E-state index contributed by atoms with van der Waals surface area (Å²) in [6.07, 6.45) is 4.75. The van der Waals surface area contributed by atoms with Crippen LogP contribution in [0.4, 0.5) is 0 Å². The molecule has 2 heteroatoms. The molecule has 0 bridgehead atoms. The number of rotatable bonds is 0. The standard InChI is InChI=1S/C9H16N2/c1-11-5-4-7-2-3-8(10)6-9(7)11/h7,9-10H,2-6H2,1H3/t7?,9-/m0/s1. The quantitative estimate of drug-likeness (QED) is 0.559. The van der Waals surface area contributed by atoms with Gasteiger partial charge in [-0.15, -0.1) is 0 Å². The summed E-state index contributed by atoms with van der Waals surface area (Å²) in [6.45, 7) is 1.25. The zero-order valence-electron chi connectivity index (χ0n) is 7.14. The first-order chi connectivity index (χ1) is 5.27. The predicted octanol–water partition coefficient (Wildman–Crippen LogP) is 1.51. The van der Waals surface area contributed by atoms with Gasteiger partial charge in [0.2, 0.25) is 0 Å². The van der Waals surface area contributed by atoms with Crippen LogP contribution in [0, 0.1) is 11.3 Å². The van der Waals surface area contributed by atoms with Gasteiger partial charge in [0.05, 0.1) is 0 Å². The summed E-state index contributed by atoms with van der Waals surface area (Å²) in [5.74, 6) is 0.911. The number of fused-ring (bicyclic) bond motifs is 1. The van der Waals surface area contributed by atoms with Crippen molar-refractivity contribution in [1.29, 1.82) is 5.41 Å². The van der Waals surface area contributed by atoms with Crippen molar-refractivity contribution in [1.82, 2.24) is 4.90 Å². The molecule has 2 nitrogen and oxygen atoms in total. The van der Waals surface area contributed by atoms with Crippen LogP contribution in [0.1, 0.15) is 25.7 Å². The molecule has 1 saturated carbocycles. The van der Waals surface area contributed by atoms with E-state index in [0.29, 0.717) is 0 Å². The van der Waals surface area contributed by atoms with E-state index in [0.717, 1.165) is 30.5 Å². The Hall–Kier alpha value is -0.370. The van der Waals surface area contributed by atoms with Crippen LogP contribution in [0.5, 0.6) is 0 Å². The van der Waals surface area contributed by atoms with Gasteiger partial charge in [0, 0.05) is 18.2 Å². The topological polar surface area (TPSA) is 27.1 Å². The minimum absolute atomic E-state index is 0.719. The minimum Gasteiger partial charge on any atom is -0.310 e. The third kappa shape index (κ3) is 1.20. The van der Waals surface area contributed by atoms with E-state index in [-0.39, 0.29) is 0 Å². The maximum Gasteiger partial charge on any atom is 0.0173 e. The smallest absolute Gasteiger partial charge is 0.0173 e. The summed E-state index contributed by atoms with van der Waals surface area (Å²) >= 11 is 0. The summed E-state index contributed by atoms with van der Waals surface area (Å²) < 4.78 is 0. The molecule has 2 aliphatic rings. The SMILES string of the molecule is CN1CCC2CCC(=N)C[C@@H]21. The fraction of sp³-hybridized carbons (Fsp3) is 0.889. The molecule has 0 aromatic rings. The molecule has 1 unspecified atom stereocenters. The largest absolute Gasteiger partial charge is 0.310 e. The summed E-state index contributed by atoms with van der Waals surface area (Å²) in [7, 11) is 2.20. The van der Waals surface area contributed by atoms with E-state index in [1.807, 2.05) is 0 Å². The Morgan fingerprint density at radius 3 is 3.09 bits per heavy atom. The fourth-order valence-corrected chi connectivity index (χ4v) is 2.46. The Labute approximate surface area is 68.1 Å². The van der Waals surface area contributed by atoms with Gasteiger partial charge in [0.25, 0.3) is 0 Å². The molecule has 1 N–H and O–H groups in total. The molecule has 2 atom stereocenters. The Morgan fingerprint density at radius 1 is 1.45 bits per heavy atom. The van der Waals surface area contributed by atoms with Gasteiger partial charge in [0.1, 0.15) is 0 Å². The number of hydrogen-bond acceptors (Lipinski definition) is 2. The summed E-state index contributed by atoms with van der Waals surface area (Å²) in [5, 5.41) is 7.60. The van der Waals surface area contributed by atoms with Crippen molar-refractivity contribution in [2.45, 2.75) is 31.7 Å². The van der Waals surface area contributed by atoms with Crippen molar-refractivity contribution in [3.8, 4) is 0 Å². The molecule has 0 radical (unpaired) electrons. The van der Waals surface area contributed by atoms with E-state index in [2.05, 4.69) is 11.9 Å². The highest BCUT2D eigenvalue weighted by molar-refractivity contribution is 5.82. The van der Waals surface area contributed by atoms with Crippen LogP contribution in [-0.4, -0.2) is 30.2 Å². The van der Waals surface area contributed by atoms with Gasteiger partial charge < -0.3 is 10.3 Å². The van der Waals surface area contributed by atoms with E-state index < -0.39 is 0 Å². The molecule has 1 heterocycles. The highest BCUT2D eigenvalue weighted by Gasteiger charge is 2.34. The van der Waals surface area contributed by atoms with Gasteiger partial charge in [0.15, 0.2) is 0 Å². The van der Waals surface area contributed by atoms with Gasteiger partial charge in [-0.2, -0.15) is 0 Å². The van der Waals surface area contributed by atoms with Crippen molar-refractivity contribution in [2.24, 2.45) is 5.92 Å². The summed E-state index contributed by atoms with van der Waals surface area (Å²) in [6, 6.07) is 0.719. The average molecular weight is 152 g/mol. The lowest BCUT2D eigenvalue weighted by atomic mass is 9.84. The molecule has 2 fully saturated rings. The molecular weight excluding hydrogens is 136 g/mol. The Balaban J connectivity index is 2.07. The van der Waals surface area contributed by atoms with Crippen LogP contribution in [0.2, 0.25) is 0 Å². The average Bonchev–Trinajstić information content (AvgIpc) is 2.33. The summed E-state index contributed by atoms with van der Waals surface area (Å²) in [4.78, 5) is 2.43. The van der Waals surface area contributed by atoms with Gasteiger partial charge >= 0.3 is 0 Å². The number of nitrogens with one attached hydrogen (secondary N) is 1. The first-order valence-corrected chi connectivity index (χ1v) is 4.54. The first kappa shape index (κ1) is 7.29. The van der Waals surface area contributed by atoms with E-state index >= 15 is 0 Å². The van der Waals surface area contributed by atoms with Crippen molar-refractivity contribution >= 4 is 5.71 Å². The third-order valence-electron chi connectivity index (χ3n) is 3.24. The van der Waals surface area contributed by atoms with E-state index in [1.54, 1.807) is 0 Å². The molecule has 62 valence electrons. The van der Waals surface area contributed by atoms with Gasteiger partial charge in [-0.25, -0.2) is 0 Å². The normalized spacial score (nSPS) is 39.2. The maximum absolute atomic E-state index is 7.60. The van der Waals surface area contributed by atoms with Crippen molar-refractivity contribution in [2.75, 3.05) is 13.6 Å². The Morgan fingerprint density at radius 2 is 2.27 bits per heavy atom. The highest BCUT2D eigenvalue weighted by atomic mass is 15.2. The molecular formula is C9H16N2. The monoisotopic (exact) mass is 152 g/mol. The van der Waals surface area contributed by atoms with Crippen LogP contribution in [-0.2, 0) is 0 Å². The summed E-state index contributed by atoms with van der Waals surface area (Å²) in [5.41, 5.74) is 0.972. The number of hydrogen-bond donors (Lipinski definition) is 1. The van der Waals surface area contributed by atoms with E-state index in [4.69, 9.17) is 5.41 Å². The second kappa shape index (κ2) is 2.59. The number of nitrogens with zero attached hydrogens (tertiary/aromatic N) is 1. The molecule has 0 aromatic carbocycles. The minimum atomic E-state index is 0.719. The Bertz CT molecular complexity index is 176. The third-order valence-corrected chi connectivity index (χ3v) is 3.24. The second-order valence-corrected chi connectivity index (χ2v) is 3.94. The Kier molecular flexibility index (Phi) is 1.72. The molecule has 1 aliphatic carbocycles. The van der Waals surface area contributed by atoms with Crippen LogP contribution < -0.4 is 0 Å². The lowest BCUT2D eigenvalue weighted by molar-refractivity contribution is 0.260. The molecule has 1 aliphatic heterocycles. The van der Waals surface area contributed by atoms with Crippen LogP contribution in [0.25, 0.3) is 0 Å². The van der Waals surface area contributed by atoms with Crippen molar-refractivity contribution < 1.29 is 0 Å². The first-order valence-electron chi connectivity index (χ1n) is 4.54. The van der Waals surface area contributed by atoms with Crippen LogP contribution in [0.15, 0.2) is 0 Å². The predicted molar refractivity (Wildman–Crippen MR) is 46.1 cm³/mol. The molecule has 11 heavy (non-hydrogen) atoms. The lowest BCUT2D eigenvalue weighted by Crippen LogP contribution is -2.34. The van der Waals surface area contributed by atoms with Gasteiger partial charge in [-0.05, 0) is 38.8 Å². The van der Waals surface area contributed by atoms with E-state index in [1.165, 1.54) is 19.4 Å². The zero-order chi connectivity index (χ0) is 7.84. The molecule has 0 amide bonds. The maximum atomic E-state index is 7.60. The zero-order valence-corrected chi connectivity index (χ0v) is 7.14. The molecule has 1 saturated heterocycles. The van der Waals surface area contributed by atoms with Gasteiger partial charge in [-0.1, -0.05) is 0 Å². The molecule has 2 rings (SSSR count). The lowest BCUT2D eigenvalue weighted by Gasteiger charge is -2.29. The van der Waals surface area contributed by atoms with Crippen molar-refractivity contribution in [3.05, 3.63) is 0 Å². The van der Waals surface area contributed by atoms with Crippen LogP contribution in [0.3, 0.4) is 0 Å². The van der Waals surface area contributed by atoms with Crippen molar-refractivity contribution in [3.63, 3.8) is 0 Å². The fourth-order valence-electron chi connectivity index (χ4n) is 2.46. The van der Waals surface area contributed by atoms with Crippen LogP contribution >= 0.6 is 0 Å². The second-order valence-electron chi connectivity index (χ2n) is 3.94.